The maximum Gasteiger partial charge on any atom is 0.344 e. The minimum Gasteiger partial charge on any atom is -0.419 e. The zero-order valence-corrected chi connectivity index (χ0v) is 15.5. The molecule has 0 atom stereocenters. The molecule has 4 aromatic rings. The lowest BCUT2D eigenvalue weighted by atomic mass is 9.98. The molecule has 0 fully saturated rings. The number of rotatable bonds is 4. The molecule has 0 saturated heterocycles. The van der Waals surface area contributed by atoms with E-state index in [4.69, 9.17) is 4.42 Å². The lowest BCUT2D eigenvalue weighted by molar-refractivity contribution is 0.525. The lowest BCUT2D eigenvalue weighted by Crippen LogP contribution is -2.02. The van der Waals surface area contributed by atoms with E-state index in [1.54, 1.807) is 6.07 Å². The highest BCUT2D eigenvalue weighted by Gasteiger charge is 2.14. The largest absolute Gasteiger partial charge is 0.419 e. The Morgan fingerprint density at radius 3 is 2.26 bits per heavy atom. The van der Waals surface area contributed by atoms with E-state index in [1.807, 2.05) is 31.2 Å². The minimum atomic E-state index is -0.505. The van der Waals surface area contributed by atoms with Gasteiger partial charge in [-0.3, -0.25) is 0 Å². The quantitative estimate of drug-likeness (QED) is 0.317. The van der Waals surface area contributed by atoms with Crippen molar-refractivity contribution in [1.29, 1.82) is 0 Å². The van der Waals surface area contributed by atoms with Crippen LogP contribution in [0.25, 0.3) is 32.9 Å². The van der Waals surface area contributed by atoms with Crippen molar-refractivity contribution in [2.24, 2.45) is 0 Å². The molecule has 0 N–H and O–H groups in total. The van der Waals surface area contributed by atoms with Crippen LogP contribution in [0.5, 0.6) is 0 Å². The third-order valence-corrected chi connectivity index (χ3v) is 5.11. The van der Waals surface area contributed by atoms with Gasteiger partial charge >= 0.3 is 5.63 Å². The minimum absolute atomic E-state index is 0.0449. The first-order valence-corrected chi connectivity index (χ1v) is 9.39. The van der Waals surface area contributed by atoms with Gasteiger partial charge in [-0.05, 0) is 41.2 Å². The molecule has 0 bridgehead atoms. The van der Waals surface area contributed by atoms with Gasteiger partial charge in [0, 0.05) is 10.8 Å². The summed E-state index contributed by atoms with van der Waals surface area (Å²) >= 11 is 0. The van der Waals surface area contributed by atoms with Crippen LogP contribution in [0.1, 0.15) is 31.4 Å². The second-order valence-electron chi connectivity index (χ2n) is 6.87. The Hall–Kier alpha value is -2.94. The fraction of sp³-hybridized carbons (Fsp3) is 0.208. The van der Waals surface area contributed by atoms with E-state index in [2.05, 4.69) is 31.2 Å². The lowest BCUT2D eigenvalue weighted by Gasteiger charge is -2.08. The molecule has 3 aromatic carbocycles. The van der Waals surface area contributed by atoms with Crippen LogP contribution in [-0.4, -0.2) is 0 Å². The van der Waals surface area contributed by atoms with Crippen LogP contribution in [0.4, 0.5) is 4.39 Å². The first-order valence-electron chi connectivity index (χ1n) is 9.39. The molecular formula is C24H21FO2. The number of hydrogen-bond acceptors (Lipinski definition) is 2. The van der Waals surface area contributed by atoms with E-state index in [1.165, 1.54) is 5.56 Å². The van der Waals surface area contributed by atoms with E-state index in [0.29, 0.717) is 28.1 Å². The van der Waals surface area contributed by atoms with Gasteiger partial charge < -0.3 is 4.42 Å². The summed E-state index contributed by atoms with van der Waals surface area (Å²) in [5.74, 6) is -0.440. The number of benzene rings is 3. The molecule has 4 rings (SSSR count). The highest BCUT2D eigenvalue weighted by Crippen LogP contribution is 2.30. The molecule has 0 aliphatic heterocycles. The first kappa shape index (κ1) is 17.5. The van der Waals surface area contributed by atoms with Crippen LogP contribution >= 0.6 is 0 Å². The molecular weight excluding hydrogens is 339 g/mol. The Labute approximate surface area is 157 Å². The monoisotopic (exact) mass is 360 g/mol. The Morgan fingerprint density at radius 2 is 1.56 bits per heavy atom. The molecule has 3 heteroatoms. The smallest absolute Gasteiger partial charge is 0.344 e. The summed E-state index contributed by atoms with van der Waals surface area (Å²) in [6.07, 6.45) is 2.72. The predicted octanol–water partition coefficient (Wildman–Crippen LogP) is 6.27. The number of aryl methyl sites for hydroxylation is 2. The van der Waals surface area contributed by atoms with E-state index in [0.717, 1.165) is 24.0 Å². The van der Waals surface area contributed by atoms with Gasteiger partial charge in [0.2, 0.25) is 0 Å². The molecule has 1 heterocycles. The zero-order chi connectivity index (χ0) is 19.0. The molecule has 0 aliphatic rings. The first-order chi connectivity index (χ1) is 13.1. The van der Waals surface area contributed by atoms with Crippen molar-refractivity contribution >= 4 is 21.7 Å². The van der Waals surface area contributed by atoms with Gasteiger partial charge in [0.25, 0.3) is 0 Å². The van der Waals surface area contributed by atoms with E-state index >= 15 is 0 Å². The number of fused-ring (bicyclic) bond motifs is 3. The maximum atomic E-state index is 14.6. The second-order valence-corrected chi connectivity index (χ2v) is 6.87. The Morgan fingerprint density at radius 1 is 0.852 bits per heavy atom. The molecule has 136 valence electrons. The molecule has 0 spiro atoms. The molecule has 0 radical (unpaired) electrons. The van der Waals surface area contributed by atoms with Crippen molar-refractivity contribution < 1.29 is 8.81 Å². The molecule has 0 saturated carbocycles. The van der Waals surface area contributed by atoms with Crippen molar-refractivity contribution in [2.45, 2.75) is 33.1 Å². The summed E-state index contributed by atoms with van der Waals surface area (Å²) < 4.78 is 19.9. The summed E-state index contributed by atoms with van der Waals surface area (Å²) in [6.45, 7) is 4.04. The fourth-order valence-electron chi connectivity index (χ4n) is 3.61. The normalized spacial score (nSPS) is 11.4. The highest BCUT2D eigenvalue weighted by molar-refractivity contribution is 6.05. The predicted molar refractivity (Wildman–Crippen MR) is 109 cm³/mol. The van der Waals surface area contributed by atoms with Crippen molar-refractivity contribution in [3.63, 3.8) is 0 Å². The summed E-state index contributed by atoms with van der Waals surface area (Å²) in [6, 6.07) is 17.7. The number of hydrogen-bond donors (Lipinski definition) is 0. The average molecular weight is 360 g/mol. The van der Waals surface area contributed by atoms with Crippen molar-refractivity contribution in [1.82, 2.24) is 0 Å². The van der Waals surface area contributed by atoms with Gasteiger partial charge in [-0.25, -0.2) is 9.18 Å². The van der Waals surface area contributed by atoms with E-state index < -0.39 is 11.4 Å². The molecule has 2 nitrogen and oxygen atoms in total. The molecule has 1 aromatic heterocycles. The summed E-state index contributed by atoms with van der Waals surface area (Å²) in [5, 5.41) is 1.82. The zero-order valence-electron chi connectivity index (χ0n) is 15.5. The van der Waals surface area contributed by atoms with Gasteiger partial charge in [0.1, 0.15) is 0 Å². The molecule has 27 heavy (non-hydrogen) atoms. The summed E-state index contributed by atoms with van der Waals surface area (Å²) in [4.78, 5) is 12.5. The average Bonchev–Trinajstić information content (AvgIpc) is 2.70. The maximum absolute atomic E-state index is 14.6. The molecule has 0 aliphatic carbocycles. The van der Waals surface area contributed by atoms with Crippen LogP contribution in [0.2, 0.25) is 0 Å². The topological polar surface area (TPSA) is 30.2 Å². The Kier molecular flexibility index (Phi) is 4.53. The van der Waals surface area contributed by atoms with Crippen LogP contribution < -0.4 is 5.63 Å². The highest BCUT2D eigenvalue weighted by atomic mass is 19.1. The third kappa shape index (κ3) is 3.03. The van der Waals surface area contributed by atoms with E-state index in [9.17, 15) is 9.18 Å². The van der Waals surface area contributed by atoms with Gasteiger partial charge in [-0.15, -0.1) is 0 Å². The summed E-state index contributed by atoms with van der Waals surface area (Å²) in [7, 11) is 0. The van der Waals surface area contributed by atoms with Crippen LogP contribution in [0.3, 0.4) is 0 Å². The van der Waals surface area contributed by atoms with Crippen LogP contribution in [0.15, 0.2) is 63.8 Å². The Bertz CT molecular complexity index is 1190. The Balaban J connectivity index is 1.89. The molecule has 0 amide bonds. The van der Waals surface area contributed by atoms with Crippen LogP contribution in [-0.2, 0) is 12.8 Å². The second kappa shape index (κ2) is 6.99. The summed E-state index contributed by atoms with van der Waals surface area (Å²) in [5.41, 5.74) is 3.38. The SMILES string of the molecule is CCCc1ccc(-c2ccc3c(c2)c(=O)oc2c(F)c(CC)ccc23)cc1. The van der Waals surface area contributed by atoms with Crippen molar-refractivity contribution in [2.75, 3.05) is 0 Å². The van der Waals surface area contributed by atoms with Crippen LogP contribution in [0, 0.1) is 5.82 Å². The van der Waals surface area contributed by atoms with Crippen molar-refractivity contribution in [3.05, 3.63) is 82.0 Å². The van der Waals surface area contributed by atoms with Gasteiger partial charge in [0.05, 0.1) is 5.39 Å². The van der Waals surface area contributed by atoms with E-state index in [-0.39, 0.29) is 5.58 Å². The molecule has 0 unspecified atom stereocenters. The van der Waals surface area contributed by atoms with Gasteiger partial charge in [-0.2, -0.15) is 0 Å². The van der Waals surface area contributed by atoms with Crippen molar-refractivity contribution in [3.8, 4) is 11.1 Å². The third-order valence-electron chi connectivity index (χ3n) is 5.11. The van der Waals surface area contributed by atoms with Gasteiger partial charge in [-0.1, -0.05) is 68.8 Å². The van der Waals surface area contributed by atoms with Gasteiger partial charge in [0.15, 0.2) is 11.4 Å². The standard InChI is InChI=1S/C24H21FO2/c1-3-5-15-6-8-17(9-7-15)18-11-12-19-20-13-10-16(4-2)22(25)23(20)27-24(26)21(19)14-18/h6-14H,3-5H2,1-2H3. The fourth-order valence-corrected chi connectivity index (χ4v) is 3.61. The number of halogens is 1.